The Morgan fingerprint density at radius 2 is 2.43 bits per heavy atom. The lowest BCUT2D eigenvalue weighted by Gasteiger charge is -2.19. The summed E-state index contributed by atoms with van der Waals surface area (Å²) < 4.78 is 1.30. The van der Waals surface area contributed by atoms with Gasteiger partial charge in [0.15, 0.2) is 0 Å². The first-order valence-electron chi connectivity index (χ1n) is 5.29. The van der Waals surface area contributed by atoms with Gasteiger partial charge in [0.2, 0.25) is 0 Å². The second-order valence-corrected chi connectivity index (χ2v) is 5.64. The molecular formula is C11H16BrNS. The number of hydrogen-bond acceptors (Lipinski definition) is 2. The first kappa shape index (κ1) is 10.7. The van der Waals surface area contributed by atoms with Crippen LogP contribution in [0.4, 0.5) is 0 Å². The van der Waals surface area contributed by atoms with Crippen LogP contribution in [0.5, 0.6) is 0 Å². The zero-order valence-corrected chi connectivity index (χ0v) is 10.8. The minimum absolute atomic E-state index is 0.704. The molecule has 78 valence electrons. The topological polar surface area (TPSA) is 12.0 Å². The fourth-order valence-electron chi connectivity index (χ4n) is 2.35. The summed E-state index contributed by atoms with van der Waals surface area (Å²) in [5.74, 6) is 0.740. The Morgan fingerprint density at radius 1 is 1.57 bits per heavy atom. The van der Waals surface area contributed by atoms with Gasteiger partial charge in [-0.2, -0.15) is 0 Å². The van der Waals surface area contributed by atoms with Gasteiger partial charge >= 0.3 is 0 Å². The molecule has 1 aromatic rings. The Labute approximate surface area is 98.0 Å². The fraction of sp³-hybridized carbons (Fsp3) is 0.636. The maximum atomic E-state index is 3.64. The van der Waals surface area contributed by atoms with Crippen molar-refractivity contribution < 1.29 is 0 Å². The SMILES string of the molecule is CCNC1CCCC1c1sccc1Br. The van der Waals surface area contributed by atoms with E-state index >= 15 is 0 Å². The summed E-state index contributed by atoms with van der Waals surface area (Å²) in [6.07, 6.45) is 4.05. The van der Waals surface area contributed by atoms with Gasteiger partial charge in [0.05, 0.1) is 0 Å². The van der Waals surface area contributed by atoms with Crippen molar-refractivity contribution >= 4 is 27.3 Å². The minimum atomic E-state index is 0.704. The highest BCUT2D eigenvalue weighted by atomic mass is 79.9. The molecule has 1 N–H and O–H groups in total. The molecule has 0 aliphatic heterocycles. The average molecular weight is 274 g/mol. The van der Waals surface area contributed by atoms with Gasteiger partial charge in [0.1, 0.15) is 0 Å². The van der Waals surface area contributed by atoms with E-state index in [9.17, 15) is 0 Å². The molecule has 1 nitrogen and oxygen atoms in total. The Balaban J connectivity index is 2.13. The summed E-state index contributed by atoms with van der Waals surface area (Å²) in [4.78, 5) is 1.54. The maximum absolute atomic E-state index is 3.64. The van der Waals surface area contributed by atoms with Gasteiger partial charge in [0, 0.05) is 21.3 Å². The minimum Gasteiger partial charge on any atom is -0.314 e. The molecule has 1 aliphatic carbocycles. The first-order valence-corrected chi connectivity index (χ1v) is 6.96. The van der Waals surface area contributed by atoms with Gasteiger partial charge < -0.3 is 5.32 Å². The Bertz CT molecular complexity index is 297. The van der Waals surface area contributed by atoms with Crippen LogP contribution in [0.3, 0.4) is 0 Å². The summed E-state index contributed by atoms with van der Waals surface area (Å²) in [7, 11) is 0. The maximum Gasteiger partial charge on any atom is 0.0317 e. The zero-order valence-electron chi connectivity index (χ0n) is 8.42. The standard InChI is InChI=1S/C11H16BrNS/c1-2-13-10-5-3-4-8(10)11-9(12)6-7-14-11/h6-8,10,13H,2-5H2,1H3. The molecule has 0 bridgehead atoms. The van der Waals surface area contributed by atoms with Crippen LogP contribution in [0.1, 0.15) is 37.0 Å². The Morgan fingerprint density at radius 3 is 3.07 bits per heavy atom. The number of thiophene rings is 1. The summed E-state index contributed by atoms with van der Waals surface area (Å²) in [5, 5.41) is 5.78. The van der Waals surface area contributed by atoms with Crippen LogP contribution >= 0.6 is 27.3 Å². The molecule has 2 rings (SSSR count). The molecule has 2 atom stereocenters. The van der Waals surface area contributed by atoms with E-state index < -0.39 is 0 Å². The van der Waals surface area contributed by atoms with Crippen molar-refractivity contribution in [3.05, 3.63) is 20.8 Å². The van der Waals surface area contributed by atoms with Gasteiger partial charge in [-0.15, -0.1) is 11.3 Å². The highest BCUT2D eigenvalue weighted by Gasteiger charge is 2.29. The van der Waals surface area contributed by atoms with Crippen molar-refractivity contribution in [1.82, 2.24) is 5.32 Å². The van der Waals surface area contributed by atoms with Crippen LogP contribution in [-0.2, 0) is 0 Å². The molecular weight excluding hydrogens is 258 g/mol. The molecule has 2 unspecified atom stereocenters. The molecule has 3 heteroatoms. The fourth-order valence-corrected chi connectivity index (χ4v) is 4.22. The molecule has 1 saturated carbocycles. The average Bonchev–Trinajstić information content (AvgIpc) is 2.74. The van der Waals surface area contributed by atoms with Gasteiger partial charge in [-0.3, -0.25) is 0 Å². The second-order valence-electron chi connectivity index (χ2n) is 3.83. The number of nitrogens with one attached hydrogen (secondary N) is 1. The third-order valence-corrected chi connectivity index (χ3v) is 4.97. The van der Waals surface area contributed by atoms with Gasteiger partial charge in [-0.05, 0) is 46.8 Å². The molecule has 1 heterocycles. The third-order valence-electron chi connectivity index (χ3n) is 2.96. The zero-order chi connectivity index (χ0) is 9.97. The predicted molar refractivity (Wildman–Crippen MR) is 66.1 cm³/mol. The highest BCUT2D eigenvalue weighted by Crippen LogP contribution is 2.40. The van der Waals surface area contributed by atoms with Crippen LogP contribution in [-0.4, -0.2) is 12.6 Å². The van der Waals surface area contributed by atoms with E-state index in [-0.39, 0.29) is 0 Å². The lowest BCUT2D eigenvalue weighted by Crippen LogP contribution is -2.30. The largest absolute Gasteiger partial charge is 0.314 e. The molecule has 1 aromatic heterocycles. The second kappa shape index (κ2) is 4.77. The molecule has 0 spiro atoms. The summed E-state index contributed by atoms with van der Waals surface area (Å²) in [6.45, 7) is 3.28. The smallest absolute Gasteiger partial charge is 0.0317 e. The Kier molecular flexibility index (Phi) is 3.63. The van der Waals surface area contributed by atoms with E-state index in [0.29, 0.717) is 6.04 Å². The summed E-state index contributed by atoms with van der Waals surface area (Å²) >= 11 is 5.53. The summed E-state index contributed by atoms with van der Waals surface area (Å²) in [5.41, 5.74) is 0. The number of likely N-dealkylation sites (N-methyl/N-ethyl adjacent to an activating group) is 1. The van der Waals surface area contributed by atoms with E-state index in [1.165, 1.54) is 28.6 Å². The van der Waals surface area contributed by atoms with Crippen LogP contribution in [0.15, 0.2) is 15.9 Å². The van der Waals surface area contributed by atoms with E-state index in [2.05, 4.69) is 39.6 Å². The van der Waals surface area contributed by atoms with Crippen LogP contribution in [0.25, 0.3) is 0 Å². The highest BCUT2D eigenvalue weighted by molar-refractivity contribution is 9.10. The normalized spacial score (nSPS) is 27.0. The van der Waals surface area contributed by atoms with Crippen molar-refractivity contribution in [2.75, 3.05) is 6.54 Å². The lowest BCUT2D eigenvalue weighted by atomic mass is 10.0. The molecule has 0 saturated heterocycles. The van der Waals surface area contributed by atoms with Crippen molar-refractivity contribution in [2.45, 2.75) is 38.1 Å². The van der Waals surface area contributed by atoms with E-state index in [1.807, 2.05) is 11.3 Å². The van der Waals surface area contributed by atoms with Gasteiger partial charge in [-0.1, -0.05) is 13.3 Å². The van der Waals surface area contributed by atoms with Gasteiger partial charge in [-0.25, -0.2) is 0 Å². The quantitative estimate of drug-likeness (QED) is 0.885. The van der Waals surface area contributed by atoms with E-state index in [4.69, 9.17) is 0 Å². The number of hydrogen-bond donors (Lipinski definition) is 1. The van der Waals surface area contributed by atoms with Crippen molar-refractivity contribution in [3.63, 3.8) is 0 Å². The monoisotopic (exact) mass is 273 g/mol. The molecule has 0 amide bonds. The third kappa shape index (κ3) is 2.05. The van der Waals surface area contributed by atoms with Crippen LogP contribution < -0.4 is 5.32 Å². The van der Waals surface area contributed by atoms with Gasteiger partial charge in [0.25, 0.3) is 0 Å². The Hall–Kier alpha value is 0.140. The molecule has 1 aliphatic rings. The summed E-state index contributed by atoms with van der Waals surface area (Å²) in [6, 6.07) is 2.87. The lowest BCUT2D eigenvalue weighted by molar-refractivity contribution is 0.496. The van der Waals surface area contributed by atoms with Crippen LogP contribution in [0, 0.1) is 0 Å². The number of rotatable bonds is 3. The molecule has 14 heavy (non-hydrogen) atoms. The first-order chi connectivity index (χ1) is 6.83. The van der Waals surface area contributed by atoms with Crippen molar-refractivity contribution in [2.24, 2.45) is 0 Å². The number of halogens is 1. The van der Waals surface area contributed by atoms with Crippen molar-refractivity contribution in [1.29, 1.82) is 0 Å². The van der Waals surface area contributed by atoms with E-state index in [1.54, 1.807) is 0 Å². The van der Waals surface area contributed by atoms with E-state index in [0.717, 1.165) is 12.5 Å². The van der Waals surface area contributed by atoms with Crippen molar-refractivity contribution in [3.8, 4) is 0 Å². The van der Waals surface area contributed by atoms with Crippen LogP contribution in [0.2, 0.25) is 0 Å². The predicted octanol–water partition coefficient (Wildman–Crippen LogP) is 3.76. The molecule has 0 radical (unpaired) electrons. The molecule has 1 fully saturated rings. The molecule has 0 aromatic carbocycles.